The summed E-state index contributed by atoms with van der Waals surface area (Å²) in [4.78, 5) is 23.8. The molecular formula is C14H26N2O4. The minimum atomic E-state index is -0.575. The minimum Gasteiger partial charge on any atom is -0.444 e. The summed E-state index contributed by atoms with van der Waals surface area (Å²) in [6, 6.07) is -0.565. The number of carbonyl (C=O) groups is 2. The first-order valence-electron chi connectivity index (χ1n) is 7.08. The first-order valence-corrected chi connectivity index (χ1v) is 7.08. The van der Waals surface area contributed by atoms with Crippen LogP contribution in [0.15, 0.2) is 0 Å². The van der Waals surface area contributed by atoms with Gasteiger partial charge in [0, 0.05) is 7.11 Å². The van der Waals surface area contributed by atoms with E-state index in [0.29, 0.717) is 12.3 Å². The highest BCUT2D eigenvalue weighted by Crippen LogP contribution is 2.30. The summed E-state index contributed by atoms with van der Waals surface area (Å²) in [5, 5.41) is 5.28. The van der Waals surface area contributed by atoms with Crippen molar-refractivity contribution in [2.75, 3.05) is 13.8 Å². The Bertz CT molecular complexity index is 335. The summed E-state index contributed by atoms with van der Waals surface area (Å²) in [6.07, 6.45) is 3.52. The van der Waals surface area contributed by atoms with Crippen LogP contribution in [0.3, 0.4) is 0 Å². The van der Waals surface area contributed by atoms with Gasteiger partial charge >= 0.3 is 6.09 Å². The topological polar surface area (TPSA) is 76.7 Å². The van der Waals surface area contributed by atoms with E-state index >= 15 is 0 Å². The highest BCUT2D eigenvalue weighted by atomic mass is 16.6. The zero-order valence-corrected chi connectivity index (χ0v) is 12.8. The van der Waals surface area contributed by atoms with Crippen molar-refractivity contribution in [2.45, 2.75) is 58.1 Å². The highest BCUT2D eigenvalue weighted by molar-refractivity contribution is 5.85. The number of methoxy groups -OCH3 is 1. The van der Waals surface area contributed by atoms with Gasteiger partial charge in [-0.1, -0.05) is 19.3 Å². The van der Waals surface area contributed by atoms with Crippen molar-refractivity contribution < 1.29 is 19.1 Å². The van der Waals surface area contributed by atoms with Crippen LogP contribution in [0, 0.1) is 5.92 Å². The quantitative estimate of drug-likeness (QED) is 0.730. The molecule has 1 atom stereocenters. The van der Waals surface area contributed by atoms with Crippen molar-refractivity contribution in [3.63, 3.8) is 0 Å². The largest absolute Gasteiger partial charge is 0.444 e. The Morgan fingerprint density at radius 2 is 1.95 bits per heavy atom. The van der Waals surface area contributed by atoms with Crippen LogP contribution in [0.4, 0.5) is 4.79 Å². The Balaban J connectivity index is 2.52. The fraction of sp³-hybridized carbons (Fsp3) is 0.857. The predicted molar refractivity (Wildman–Crippen MR) is 75.1 cm³/mol. The van der Waals surface area contributed by atoms with E-state index in [2.05, 4.69) is 10.6 Å². The smallest absolute Gasteiger partial charge is 0.408 e. The monoisotopic (exact) mass is 286 g/mol. The third-order valence-electron chi connectivity index (χ3n) is 3.19. The first-order chi connectivity index (χ1) is 9.31. The number of ether oxygens (including phenoxy) is 2. The van der Waals surface area contributed by atoms with Crippen LogP contribution in [0.25, 0.3) is 0 Å². The average Bonchev–Trinajstić information content (AvgIpc) is 2.26. The summed E-state index contributed by atoms with van der Waals surface area (Å²) in [6.45, 7) is 5.51. The van der Waals surface area contributed by atoms with Gasteiger partial charge in [0.1, 0.15) is 18.4 Å². The standard InChI is InChI=1S/C14H26N2O4/c1-14(2,3)20-13(18)16-11(8-10-6-5-7-10)12(17)15-9-19-4/h10-11H,5-9H2,1-4H3,(H,15,17)(H,16,18)/t11-/m1/s1. The number of hydrogen-bond acceptors (Lipinski definition) is 4. The molecule has 0 bridgehead atoms. The third kappa shape index (κ3) is 6.23. The molecule has 6 nitrogen and oxygen atoms in total. The summed E-state index contributed by atoms with van der Waals surface area (Å²) in [5.41, 5.74) is -0.575. The number of carbonyl (C=O) groups excluding carboxylic acids is 2. The lowest BCUT2D eigenvalue weighted by atomic mass is 9.80. The van der Waals surface area contributed by atoms with E-state index in [9.17, 15) is 9.59 Å². The molecule has 1 aliphatic rings. The molecule has 0 radical (unpaired) electrons. The van der Waals surface area contributed by atoms with Crippen molar-refractivity contribution in [1.29, 1.82) is 0 Å². The number of rotatable bonds is 6. The molecule has 116 valence electrons. The molecule has 2 amide bonds. The molecule has 1 fully saturated rings. The van der Waals surface area contributed by atoms with Gasteiger partial charge in [0.25, 0.3) is 0 Å². The van der Waals surface area contributed by atoms with Gasteiger partial charge in [-0.05, 0) is 33.1 Å². The van der Waals surface area contributed by atoms with Crippen molar-refractivity contribution >= 4 is 12.0 Å². The summed E-state index contributed by atoms with van der Waals surface area (Å²) in [7, 11) is 1.50. The molecule has 20 heavy (non-hydrogen) atoms. The molecule has 0 aromatic carbocycles. The van der Waals surface area contributed by atoms with Crippen LogP contribution in [0.5, 0.6) is 0 Å². The van der Waals surface area contributed by atoms with E-state index in [-0.39, 0.29) is 12.6 Å². The Labute approximate surface area is 120 Å². The van der Waals surface area contributed by atoms with Gasteiger partial charge in [0.2, 0.25) is 5.91 Å². The average molecular weight is 286 g/mol. The molecule has 2 N–H and O–H groups in total. The maximum Gasteiger partial charge on any atom is 0.408 e. The van der Waals surface area contributed by atoms with Crippen LogP contribution < -0.4 is 10.6 Å². The molecule has 1 saturated carbocycles. The Morgan fingerprint density at radius 1 is 1.30 bits per heavy atom. The molecule has 6 heteroatoms. The summed E-state index contributed by atoms with van der Waals surface area (Å²) < 4.78 is 10.0. The van der Waals surface area contributed by atoms with E-state index < -0.39 is 17.7 Å². The van der Waals surface area contributed by atoms with E-state index in [1.165, 1.54) is 13.5 Å². The van der Waals surface area contributed by atoms with E-state index in [1.54, 1.807) is 20.8 Å². The van der Waals surface area contributed by atoms with E-state index in [0.717, 1.165) is 12.8 Å². The van der Waals surface area contributed by atoms with Gasteiger partial charge in [-0.3, -0.25) is 4.79 Å². The third-order valence-corrected chi connectivity index (χ3v) is 3.19. The van der Waals surface area contributed by atoms with Crippen molar-refractivity contribution in [3.05, 3.63) is 0 Å². The fourth-order valence-corrected chi connectivity index (χ4v) is 2.01. The zero-order valence-electron chi connectivity index (χ0n) is 12.8. The molecule has 1 aliphatic carbocycles. The normalized spacial score (nSPS) is 17.0. The zero-order chi connectivity index (χ0) is 15.2. The van der Waals surface area contributed by atoms with Gasteiger partial charge in [-0.25, -0.2) is 4.79 Å². The van der Waals surface area contributed by atoms with Crippen molar-refractivity contribution in [3.8, 4) is 0 Å². The van der Waals surface area contributed by atoms with Crippen LogP contribution in [-0.2, 0) is 14.3 Å². The molecule has 0 aromatic heterocycles. The maximum absolute atomic E-state index is 12.0. The van der Waals surface area contributed by atoms with Crippen molar-refractivity contribution in [1.82, 2.24) is 10.6 Å². The molecular weight excluding hydrogens is 260 g/mol. The lowest BCUT2D eigenvalue weighted by Crippen LogP contribution is -2.49. The lowest BCUT2D eigenvalue weighted by Gasteiger charge is -2.30. The molecule has 0 spiro atoms. The SMILES string of the molecule is COCNC(=O)[C@@H](CC1CCC1)NC(=O)OC(C)(C)C. The van der Waals surface area contributed by atoms with E-state index in [4.69, 9.17) is 9.47 Å². The Morgan fingerprint density at radius 3 is 2.40 bits per heavy atom. The molecule has 0 heterocycles. The summed E-state index contributed by atoms with van der Waals surface area (Å²) >= 11 is 0. The van der Waals surface area contributed by atoms with Gasteiger partial charge in [-0.15, -0.1) is 0 Å². The fourth-order valence-electron chi connectivity index (χ4n) is 2.01. The van der Waals surface area contributed by atoms with Crippen LogP contribution in [0.1, 0.15) is 46.5 Å². The molecule has 0 aromatic rings. The molecule has 0 unspecified atom stereocenters. The molecule has 0 saturated heterocycles. The van der Waals surface area contributed by atoms with Crippen LogP contribution >= 0.6 is 0 Å². The minimum absolute atomic E-state index is 0.135. The second-order valence-electron chi connectivity index (χ2n) is 6.21. The van der Waals surface area contributed by atoms with Crippen LogP contribution in [0.2, 0.25) is 0 Å². The van der Waals surface area contributed by atoms with Gasteiger partial charge < -0.3 is 20.1 Å². The van der Waals surface area contributed by atoms with Crippen LogP contribution in [-0.4, -0.2) is 37.5 Å². The maximum atomic E-state index is 12.0. The first kappa shape index (κ1) is 16.8. The molecule has 0 aliphatic heterocycles. The number of alkyl carbamates (subject to hydrolysis) is 1. The number of nitrogens with one attached hydrogen (secondary N) is 2. The number of hydrogen-bond donors (Lipinski definition) is 2. The highest BCUT2D eigenvalue weighted by Gasteiger charge is 2.29. The second-order valence-corrected chi connectivity index (χ2v) is 6.21. The van der Waals surface area contributed by atoms with Crippen molar-refractivity contribution in [2.24, 2.45) is 5.92 Å². The van der Waals surface area contributed by atoms with Gasteiger partial charge in [-0.2, -0.15) is 0 Å². The Hall–Kier alpha value is -1.30. The lowest BCUT2D eigenvalue weighted by molar-refractivity contribution is -0.125. The predicted octanol–water partition coefficient (Wildman–Crippen LogP) is 1.79. The number of amides is 2. The molecule has 1 rings (SSSR count). The van der Waals surface area contributed by atoms with E-state index in [1.807, 2.05) is 0 Å². The van der Waals surface area contributed by atoms with Gasteiger partial charge in [0.05, 0.1) is 0 Å². The Kier molecular flexibility index (Phi) is 6.26. The van der Waals surface area contributed by atoms with Gasteiger partial charge in [0.15, 0.2) is 0 Å². The summed E-state index contributed by atoms with van der Waals surface area (Å²) in [5.74, 6) is 0.271. The second kappa shape index (κ2) is 7.47.